The van der Waals surface area contributed by atoms with Gasteiger partial charge in [-0.25, -0.2) is 4.79 Å². The van der Waals surface area contributed by atoms with Crippen LogP contribution in [0.2, 0.25) is 0 Å². The van der Waals surface area contributed by atoms with Crippen molar-refractivity contribution in [3.63, 3.8) is 0 Å². The molecule has 180 valence electrons. The highest BCUT2D eigenvalue weighted by atomic mass is 16.4. The number of carbonyl (C=O) groups is 5. The van der Waals surface area contributed by atoms with Crippen LogP contribution in [0.3, 0.4) is 0 Å². The molecule has 0 aliphatic heterocycles. The number of nitrogens with two attached hydrogens (primary N) is 4. The van der Waals surface area contributed by atoms with E-state index < -0.39 is 54.6 Å². The molecule has 0 bridgehead atoms. The van der Waals surface area contributed by atoms with Crippen LogP contribution in [0.4, 0.5) is 0 Å². The van der Waals surface area contributed by atoms with Crippen molar-refractivity contribution in [3.05, 3.63) is 0 Å². The zero-order valence-corrected chi connectivity index (χ0v) is 16.5. The van der Waals surface area contributed by atoms with E-state index in [2.05, 4.69) is 0 Å². The molecule has 0 aromatic rings. The van der Waals surface area contributed by atoms with Gasteiger partial charge in [0, 0.05) is 6.42 Å². The molecule has 0 rings (SSSR count). The molecule has 0 spiro atoms. The molecule has 15 heteroatoms. The van der Waals surface area contributed by atoms with Crippen molar-refractivity contribution in [3.8, 4) is 0 Å². The summed E-state index contributed by atoms with van der Waals surface area (Å²) in [5.74, 6) is -5.73. The van der Waals surface area contributed by atoms with E-state index in [1.165, 1.54) is 0 Å². The molecule has 0 saturated heterocycles. The predicted molar refractivity (Wildman–Crippen MR) is 105 cm³/mol. The number of hydrogen-bond donors (Lipinski definition) is 8. The maximum Gasteiger partial charge on any atom is 0.372 e. The maximum atomic E-state index is 10.2. The molecule has 2 unspecified atom stereocenters. The van der Waals surface area contributed by atoms with Crippen molar-refractivity contribution < 1.29 is 55.4 Å². The monoisotopic (exact) mass is 446 g/mol. The summed E-state index contributed by atoms with van der Waals surface area (Å²) in [5.41, 5.74) is 20.6. The standard InChI is InChI=1S/2C5H12N2O2.C5H6O5.2H2O/c2*6-3-1-2-4(7)5(8)9;6-3(5(9)10)1-2-4(7)8;;/h2*4H,1-3,6-7H2,(H,8,9);1-2H2,(H,7,8)(H,9,10);2*1H2. The molecule has 2 atom stereocenters. The number of ketones is 1. The Kier molecular flexibility index (Phi) is 30.8. The topological polar surface area (TPSA) is 333 Å². The second-order valence-electron chi connectivity index (χ2n) is 5.37. The number of aliphatic carboxylic acids is 4. The second-order valence-corrected chi connectivity index (χ2v) is 5.37. The maximum absolute atomic E-state index is 10.2. The summed E-state index contributed by atoms with van der Waals surface area (Å²) in [4.78, 5) is 49.8. The fourth-order valence-electron chi connectivity index (χ4n) is 1.25. The summed E-state index contributed by atoms with van der Waals surface area (Å²) in [7, 11) is 0. The predicted octanol–water partition coefficient (Wildman–Crippen LogP) is -3.87. The van der Waals surface area contributed by atoms with Crippen LogP contribution in [0.15, 0.2) is 0 Å². The highest BCUT2D eigenvalue weighted by Crippen LogP contribution is 1.92. The first-order valence-electron chi connectivity index (χ1n) is 8.25. The van der Waals surface area contributed by atoms with Gasteiger partial charge >= 0.3 is 23.9 Å². The third kappa shape index (κ3) is 30.1. The lowest BCUT2D eigenvalue weighted by Crippen LogP contribution is -2.30. The lowest BCUT2D eigenvalue weighted by molar-refractivity contribution is -0.149. The van der Waals surface area contributed by atoms with Crippen LogP contribution in [0.1, 0.15) is 38.5 Å². The van der Waals surface area contributed by atoms with Crippen LogP contribution in [-0.2, 0) is 24.0 Å². The lowest BCUT2D eigenvalue weighted by Gasteiger charge is -2.02. The highest BCUT2D eigenvalue weighted by Gasteiger charge is 2.12. The average molecular weight is 446 g/mol. The molecular weight excluding hydrogens is 412 g/mol. The quantitative estimate of drug-likeness (QED) is 0.133. The van der Waals surface area contributed by atoms with Crippen molar-refractivity contribution in [2.45, 2.75) is 50.6 Å². The molecule has 0 saturated carbocycles. The van der Waals surface area contributed by atoms with Crippen molar-refractivity contribution in [2.75, 3.05) is 13.1 Å². The van der Waals surface area contributed by atoms with E-state index >= 15 is 0 Å². The number of carbonyl (C=O) groups excluding carboxylic acids is 1. The van der Waals surface area contributed by atoms with Crippen molar-refractivity contribution in [1.82, 2.24) is 0 Å². The Labute approximate surface area is 172 Å². The van der Waals surface area contributed by atoms with Crippen molar-refractivity contribution >= 4 is 29.7 Å². The van der Waals surface area contributed by atoms with Gasteiger partial charge in [-0.1, -0.05) is 0 Å². The second kappa shape index (κ2) is 24.3. The Morgan fingerprint density at radius 1 is 0.667 bits per heavy atom. The van der Waals surface area contributed by atoms with Crippen LogP contribution in [-0.4, -0.2) is 86.2 Å². The molecule has 30 heavy (non-hydrogen) atoms. The summed E-state index contributed by atoms with van der Waals surface area (Å²) in [6.07, 6.45) is 1.41. The molecule has 0 aromatic heterocycles. The van der Waals surface area contributed by atoms with E-state index in [9.17, 15) is 24.0 Å². The van der Waals surface area contributed by atoms with E-state index in [0.29, 0.717) is 38.8 Å². The highest BCUT2D eigenvalue weighted by molar-refractivity contribution is 6.32. The number of Topliss-reactive ketones (excluding diaryl/α,β-unsaturated/α-hetero) is 1. The van der Waals surface area contributed by atoms with E-state index in [1.807, 2.05) is 0 Å². The average Bonchev–Trinajstić information content (AvgIpc) is 2.62. The van der Waals surface area contributed by atoms with Gasteiger partial charge in [0.05, 0.1) is 6.42 Å². The normalized spacial score (nSPS) is 10.8. The SMILES string of the molecule is NCCCC(N)C(=O)O.NCCCC(N)C(=O)O.O.O.O=C(O)CCC(=O)C(=O)O. The fourth-order valence-corrected chi connectivity index (χ4v) is 1.25. The van der Waals surface area contributed by atoms with Gasteiger partial charge in [-0.15, -0.1) is 0 Å². The van der Waals surface area contributed by atoms with Crippen LogP contribution in [0.5, 0.6) is 0 Å². The Morgan fingerprint density at radius 3 is 1.20 bits per heavy atom. The summed E-state index contributed by atoms with van der Waals surface area (Å²) >= 11 is 0. The van der Waals surface area contributed by atoms with Gasteiger partial charge in [0.2, 0.25) is 5.78 Å². The zero-order valence-electron chi connectivity index (χ0n) is 16.5. The third-order valence-corrected chi connectivity index (χ3v) is 2.88. The minimum Gasteiger partial charge on any atom is -0.481 e. The van der Waals surface area contributed by atoms with Gasteiger partial charge in [-0.2, -0.15) is 0 Å². The zero-order chi connectivity index (χ0) is 22.7. The van der Waals surface area contributed by atoms with Gasteiger partial charge in [-0.3, -0.25) is 19.2 Å². The molecule has 0 aliphatic carbocycles. The first kappa shape index (κ1) is 38.0. The number of rotatable bonds is 12. The van der Waals surface area contributed by atoms with Crippen molar-refractivity contribution in [1.29, 1.82) is 0 Å². The van der Waals surface area contributed by atoms with Gasteiger partial charge in [0.1, 0.15) is 12.1 Å². The van der Waals surface area contributed by atoms with Crippen LogP contribution < -0.4 is 22.9 Å². The van der Waals surface area contributed by atoms with Gasteiger partial charge < -0.3 is 54.3 Å². The largest absolute Gasteiger partial charge is 0.481 e. The summed E-state index contributed by atoms with van der Waals surface area (Å²) in [6.45, 7) is 1.00. The Hall–Kier alpha value is -2.69. The molecule has 0 aliphatic rings. The van der Waals surface area contributed by atoms with Gasteiger partial charge in [-0.05, 0) is 38.8 Å². The molecule has 0 aromatic carbocycles. The minimum atomic E-state index is -1.58. The Morgan fingerprint density at radius 2 is 1.00 bits per heavy atom. The van der Waals surface area contributed by atoms with E-state index in [1.54, 1.807) is 0 Å². The van der Waals surface area contributed by atoms with Crippen molar-refractivity contribution in [2.24, 2.45) is 22.9 Å². The molecule has 0 radical (unpaired) electrons. The third-order valence-electron chi connectivity index (χ3n) is 2.88. The molecule has 0 heterocycles. The smallest absolute Gasteiger partial charge is 0.372 e. The lowest BCUT2D eigenvalue weighted by atomic mass is 10.2. The first-order chi connectivity index (χ1) is 12.9. The number of hydrogen-bond acceptors (Lipinski definition) is 9. The summed E-state index contributed by atoms with van der Waals surface area (Å²) in [5, 5.41) is 32.4. The van der Waals surface area contributed by atoms with E-state index in [-0.39, 0.29) is 11.0 Å². The van der Waals surface area contributed by atoms with Crippen LogP contribution in [0.25, 0.3) is 0 Å². The molecule has 0 fully saturated rings. The number of carboxylic acids is 4. The van der Waals surface area contributed by atoms with E-state index in [4.69, 9.17) is 43.4 Å². The Balaban J connectivity index is -0.000000101. The summed E-state index contributed by atoms with van der Waals surface area (Å²) < 4.78 is 0. The van der Waals surface area contributed by atoms with Crippen LogP contribution in [0, 0.1) is 0 Å². The molecule has 0 amide bonds. The van der Waals surface area contributed by atoms with Crippen LogP contribution >= 0.6 is 0 Å². The van der Waals surface area contributed by atoms with Gasteiger partial charge in [0.15, 0.2) is 0 Å². The number of carboxylic acid groups (broad SMARTS) is 4. The molecule has 15 nitrogen and oxygen atoms in total. The van der Waals surface area contributed by atoms with Gasteiger partial charge in [0.25, 0.3) is 0 Å². The molecular formula is C15H34N4O11. The van der Waals surface area contributed by atoms with E-state index in [0.717, 1.165) is 0 Å². The summed E-state index contributed by atoms with van der Waals surface area (Å²) in [6, 6.07) is -1.48. The molecule has 16 N–H and O–H groups in total. The Bertz CT molecular complexity index is 479. The first-order valence-corrected chi connectivity index (χ1v) is 8.25. The fraction of sp³-hybridized carbons (Fsp3) is 0.667. The minimum absolute atomic E-state index is 0.